The van der Waals surface area contributed by atoms with Crippen LogP contribution in [0.25, 0.3) is 0 Å². The van der Waals surface area contributed by atoms with E-state index in [0.29, 0.717) is 13.0 Å². The molecule has 1 atom stereocenters. The maximum Gasteiger partial charge on any atom is 0.389 e. The smallest absolute Gasteiger partial charge is 0.356 e. The molecule has 2 saturated heterocycles. The molecular formula is C18H33F3IN5O. The number of rotatable bonds is 6. The van der Waals surface area contributed by atoms with Crippen LogP contribution in [0.5, 0.6) is 0 Å². The monoisotopic (exact) mass is 519 g/mol. The van der Waals surface area contributed by atoms with Crippen molar-refractivity contribution in [3.63, 3.8) is 0 Å². The van der Waals surface area contributed by atoms with Gasteiger partial charge in [-0.2, -0.15) is 13.2 Å². The molecule has 2 heterocycles. The lowest BCUT2D eigenvalue weighted by molar-refractivity contribution is -0.136. The van der Waals surface area contributed by atoms with Gasteiger partial charge in [0.15, 0.2) is 5.96 Å². The van der Waals surface area contributed by atoms with Crippen LogP contribution in [0.3, 0.4) is 0 Å². The predicted molar refractivity (Wildman–Crippen MR) is 115 cm³/mol. The summed E-state index contributed by atoms with van der Waals surface area (Å²) in [6.45, 7) is 7.24. The molecule has 28 heavy (non-hydrogen) atoms. The normalized spacial score (nSPS) is 20.1. The molecule has 2 fully saturated rings. The molecule has 1 amide bonds. The van der Waals surface area contributed by atoms with Crippen LogP contribution in [0.2, 0.25) is 0 Å². The number of guanidine groups is 1. The maximum atomic E-state index is 12.5. The SMILES string of the molecule is CN=C(NCCCCC(F)(F)F)N1CCN(C(C)C(=O)N2CCCC2)CC1.I. The molecule has 2 aliphatic rings. The van der Waals surface area contributed by atoms with E-state index in [9.17, 15) is 18.0 Å². The maximum absolute atomic E-state index is 12.5. The zero-order valence-electron chi connectivity index (χ0n) is 16.8. The summed E-state index contributed by atoms with van der Waals surface area (Å²) in [4.78, 5) is 23.0. The van der Waals surface area contributed by atoms with E-state index in [1.165, 1.54) is 0 Å². The van der Waals surface area contributed by atoms with Crippen LogP contribution in [-0.2, 0) is 4.79 Å². The molecule has 0 spiro atoms. The van der Waals surface area contributed by atoms with Crippen molar-refractivity contribution in [2.45, 2.75) is 51.2 Å². The van der Waals surface area contributed by atoms with Crippen molar-refractivity contribution in [1.82, 2.24) is 20.0 Å². The second-order valence-corrected chi connectivity index (χ2v) is 7.28. The minimum Gasteiger partial charge on any atom is -0.356 e. The average molecular weight is 519 g/mol. The third kappa shape index (κ3) is 7.92. The van der Waals surface area contributed by atoms with Gasteiger partial charge in [0.25, 0.3) is 0 Å². The fourth-order valence-corrected chi connectivity index (χ4v) is 3.66. The van der Waals surface area contributed by atoms with Gasteiger partial charge in [-0.15, -0.1) is 24.0 Å². The number of carbonyl (C=O) groups excluding carboxylic acids is 1. The van der Waals surface area contributed by atoms with E-state index in [4.69, 9.17) is 0 Å². The van der Waals surface area contributed by atoms with Crippen molar-refractivity contribution in [1.29, 1.82) is 0 Å². The highest BCUT2D eigenvalue weighted by Gasteiger charge is 2.30. The van der Waals surface area contributed by atoms with Gasteiger partial charge in [0.05, 0.1) is 6.04 Å². The van der Waals surface area contributed by atoms with E-state index in [1.54, 1.807) is 7.05 Å². The second-order valence-electron chi connectivity index (χ2n) is 7.28. The van der Waals surface area contributed by atoms with Crippen LogP contribution in [0.15, 0.2) is 4.99 Å². The first kappa shape index (κ1) is 25.3. The summed E-state index contributed by atoms with van der Waals surface area (Å²) >= 11 is 0. The van der Waals surface area contributed by atoms with Gasteiger partial charge in [-0.3, -0.25) is 14.7 Å². The number of carbonyl (C=O) groups is 1. The van der Waals surface area contributed by atoms with Gasteiger partial charge in [0.2, 0.25) is 5.91 Å². The molecule has 1 N–H and O–H groups in total. The molecule has 2 aliphatic heterocycles. The highest BCUT2D eigenvalue weighted by atomic mass is 127. The summed E-state index contributed by atoms with van der Waals surface area (Å²) in [6.07, 6.45) is -2.05. The second kappa shape index (κ2) is 12.0. The molecule has 10 heteroatoms. The van der Waals surface area contributed by atoms with Gasteiger partial charge in [0, 0.05) is 59.3 Å². The Labute approximate surface area is 182 Å². The number of alkyl halides is 3. The molecule has 0 aromatic rings. The van der Waals surface area contributed by atoms with Crippen molar-refractivity contribution in [3.8, 4) is 0 Å². The molecule has 0 radical (unpaired) electrons. The molecule has 0 bridgehead atoms. The number of hydrogen-bond donors (Lipinski definition) is 1. The van der Waals surface area contributed by atoms with Crippen LogP contribution in [0.1, 0.15) is 39.0 Å². The van der Waals surface area contributed by atoms with Gasteiger partial charge >= 0.3 is 6.18 Å². The molecule has 0 saturated carbocycles. The van der Waals surface area contributed by atoms with Gasteiger partial charge < -0.3 is 15.1 Å². The average Bonchev–Trinajstić information content (AvgIpc) is 3.17. The van der Waals surface area contributed by atoms with Crippen LogP contribution in [0.4, 0.5) is 13.2 Å². The number of unbranched alkanes of at least 4 members (excludes halogenated alkanes) is 1. The van der Waals surface area contributed by atoms with Gasteiger partial charge in [0.1, 0.15) is 0 Å². The van der Waals surface area contributed by atoms with E-state index in [2.05, 4.69) is 20.1 Å². The molecule has 164 valence electrons. The molecule has 0 aliphatic carbocycles. The van der Waals surface area contributed by atoms with Crippen molar-refractivity contribution in [2.75, 3.05) is 52.9 Å². The Morgan fingerprint density at radius 2 is 1.64 bits per heavy atom. The summed E-state index contributed by atoms with van der Waals surface area (Å²) in [5.74, 6) is 0.938. The zero-order valence-corrected chi connectivity index (χ0v) is 19.1. The number of piperazine rings is 1. The van der Waals surface area contributed by atoms with E-state index in [1.807, 2.05) is 11.8 Å². The Morgan fingerprint density at radius 1 is 1.04 bits per heavy atom. The molecule has 0 aromatic carbocycles. The highest BCUT2D eigenvalue weighted by molar-refractivity contribution is 14.0. The number of amides is 1. The van der Waals surface area contributed by atoms with Crippen molar-refractivity contribution in [3.05, 3.63) is 0 Å². The van der Waals surface area contributed by atoms with E-state index < -0.39 is 12.6 Å². The summed E-state index contributed by atoms with van der Waals surface area (Å²) in [6, 6.07) is -0.109. The quantitative estimate of drug-likeness (QED) is 0.254. The number of nitrogens with zero attached hydrogens (tertiary/aromatic N) is 4. The number of likely N-dealkylation sites (tertiary alicyclic amines) is 1. The standard InChI is InChI=1S/C18H32F3N5O.HI/c1-15(16(27)25-9-5-6-10-25)24-11-13-26(14-12-24)17(22-2)23-8-4-3-7-18(19,20)21;/h15H,3-14H2,1-2H3,(H,22,23);1H. The topological polar surface area (TPSA) is 51.2 Å². The van der Waals surface area contributed by atoms with E-state index >= 15 is 0 Å². The zero-order chi connectivity index (χ0) is 19.9. The van der Waals surface area contributed by atoms with Crippen LogP contribution in [0, 0.1) is 0 Å². The number of halogens is 4. The lowest BCUT2D eigenvalue weighted by Gasteiger charge is -2.39. The summed E-state index contributed by atoms with van der Waals surface area (Å²) in [5.41, 5.74) is 0. The Kier molecular flexibility index (Phi) is 10.9. The fraction of sp³-hybridized carbons (Fsp3) is 0.889. The lowest BCUT2D eigenvalue weighted by atomic mass is 10.2. The molecule has 0 aromatic heterocycles. The third-order valence-electron chi connectivity index (χ3n) is 5.32. The van der Waals surface area contributed by atoms with Crippen molar-refractivity contribution >= 4 is 35.8 Å². The Morgan fingerprint density at radius 3 is 2.18 bits per heavy atom. The van der Waals surface area contributed by atoms with Crippen LogP contribution >= 0.6 is 24.0 Å². The summed E-state index contributed by atoms with van der Waals surface area (Å²) in [5, 5.41) is 3.15. The van der Waals surface area contributed by atoms with Gasteiger partial charge in [-0.1, -0.05) is 0 Å². The predicted octanol–water partition coefficient (Wildman–Crippen LogP) is 2.54. The number of aliphatic imine (C=N–C) groups is 1. The number of nitrogens with one attached hydrogen (secondary N) is 1. The Balaban J connectivity index is 0.00000392. The Bertz CT molecular complexity index is 504. The first-order valence-electron chi connectivity index (χ1n) is 9.87. The third-order valence-corrected chi connectivity index (χ3v) is 5.32. The fourth-order valence-electron chi connectivity index (χ4n) is 3.66. The summed E-state index contributed by atoms with van der Waals surface area (Å²) < 4.78 is 36.5. The van der Waals surface area contributed by atoms with E-state index in [0.717, 1.165) is 58.1 Å². The lowest BCUT2D eigenvalue weighted by Crippen LogP contribution is -2.57. The van der Waals surface area contributed by atoms with Crippen LogP contribution < -0.4 is 5.32 Å². The minimum atomic E-state index is -4.08. The summed E-state index contributed by atoms with van der Waals surface area (Å²) in [7, 11) is 1.68. The van der Waals surface area contributed by atoms with Gasteiger partial charge in [-0.25, -0.2) is 0 Å². The largest absolute Gasteiger partial charge is 0.389 e. The van der Waals surface area contributed by atoms with Crippen LogP contribution in [-0.4, -0.2) is 91.6 Å². The first-order valence-corrected chi connectivity index (χ1v) is 9.87. The molecule has 1 unspecified atom stereocenters. The molecule has 6 nitrogen and oxygen atoms in total. The number of hydrogen-bond acceptors (Lipinski definition) is 3. The molecular weight excluding hydrogens is 486 g/mol. The minimum absolute atomic E-state index is 0. The first-order chi connectivity index (χ1) is 12.8. The highest BCUT2D eigenvalue weighted by Crippen LogP contribution is 2.21. The van der Waals surface area contributed by atoms with Gasteiger partial charge in [-0.05, 0) is 32.6 Å². The molecule has 2 rings (SSSR count). The van der Waals surface area contributed by atoms with Crippen molar-refractivity contribution < 1.29 is 18.0 Å². The van der Waals surface area contributed by atoms with Crippen molar-refractivity contribution in [2.24, 2.45) is 4.99 Å². The van der Waals surface area contributed by atoms with E-state index in [-0.39, 0.29) is 42.3 Å². The Hall–Kier alpha value is -0.780.